The molecule has 0 amide bonds. The van der Waals surface area contributed by atoms with Gasteiger partial charge in [-0.15, -0.1) is 0 Å². The van der Waals surface area contributed by atoms with Crippen LogP contribution in [0.3, 0.4) is 0 Å². The van der Waals surface area contributed by atoms with Crippen LogP contribution >= 0.6 is 0 Å². The Bertz CT molecular complexity index is 427. The summed E-state index contributed by atoms with van der Waals surface area (Å²) < 4.78 is 5.83. The molecular weight excluding hydrogens is 238 g/mol. The van der Waals surface area contributed by atoms with Crippen LogP contribution in [0.2, 0.25) is 0 Å². The molecule has 0 radical (unpaired) electrons. The maximum atomic E-state index is 5.83. The third-order valence-corrected chi connectivity index (χ3v) is 4.11. The van der Waals surface area contributed by atoms with Crippen molar-refractivity contribution in [3.8, 4) is 5.75 Å². The molecule has 0 saturated carbocycles. The molecule has 4 heteroatoms. The van der Waals surface area contributed by atoms with Crippen molar-refractivity contribution in [2.24, 2.45) is 5.92 Å². The van der Waals surface area contributed by atoms with Crippen LogP contribution in [0.5, 0.6) is 5.75 Å². The van der Waals surface area contributed by atoms with Gasteiger partial charge >= 0.3 is 0 Å². The molecule has 0 aromatic carbocycles. The number of nitrogens with one attached hydrogen (secondary N) is 1. The van der Waals surface area contributed by atoms with Crippen molar-refractivity contribution in [3.63, 3.8) is 0 Å². The maximum Gasteiger partial charge on any atom is 0.169 e. The van der Waals surface area contributed by atoms with E-state index in [1.165, 1.54) is 25.9 Å². The highest BCUT2D eigenvalue weighted by atomic mass is 16.5. The van der Waals surface area contributed by atoms with Crippen LogP contribution in [0, 0.1) is 5.92 Å². The number of ether oxygens (including phenoxy) is 1. The van der Waals surface area contributed by atoms with E-state index in [0.29, 0.717) is 6.04 Å². The Kier molecular flexibility index (Phi) is 3.60. The van der Waals surface area contributed by atoms with Gasteiger partial charge in [0.2, 0.25) is 0 Å². The Morgan fingerprint density at radius 1 is 1.37 bits per heavy atom. The Hall–Kier alpha value is -1.29. The van der Waals surface area contributed by atoms with Gasteiger partial charge in [0.05, 0.1) is 6.10 Å². The van der Waals surface area contributed by atoms with Gasteiger partial charge in [-0.2, -0.15) is 0 Å². The van der Waals surface area contributed by atoms with Crippen LogP contribution in [-0.4, -0.2) is 41.7 Å². The lowest BCUT2D eigenvalue weighted by molar-refractivity contribution is 0.0971. The number of piperidine rings is 3. The van der Waals surface area contributed by atoms with Crippen LogP contribution in [0.1, 0.15) is 26.7 Å². The molecule has 3 aliphatic rings. The van der Waals surface area contributed by atoms with Crippen LogP contribution in [0.4, 0.5) is 5.82 Å². The molecule has 104 valence electrons. The Balaban J connectivity index is 1.72. The highest BCUT2D eigenvalue weighted by Gasteiger charge is 2.34. The van der Waals surface area contributed by atoms with Crippen molar-refractivity contribution in [2.45, 2.75) is 38.8 Å². The molecule has 4 rings (SSSR count). The predicted molar refractivity (Wildman–Crippen MR) is 76.6 cm³/mol. The SMILES string of the molecule is CC(C)Oc1cccnc1NC1CN2CCC1CC2. The van der Waals surface area contributed by atoms with Crippen LogP contribution in [-0.2, 0) is 0 Å². The minimum absolute atomic E-state index is 0.177. The van der Waals surface area contributed by atoms with E-state index in [9.17, 15) is 0 Å². The molecule has 2 bridgehead atoms. The van der Waals surface area contributed by atoms with E-state index in [1.54, 1.807) is 0 Å². The number of rotatable bonds is 4. The third-order valence-electron chi connectivity index (χ3n) is 4.11. The highest BCUT2D eigenvalue weighted by Crippen LogP contribution is 2.31. The fourth-order valence-electron chi connectivity index (χ4n) is 3.15. The second kappa shape index (κ2) is 5.37. The molecule has 1 aromatic rings. The number of pyridine rings is 1. The molecule has 3 fully saturated rings. The van der Waals surface area contributed by atoms with E-state index < -0.39 is 0 Å². The molecule has 1 atom stereocenters. The molecule has 1 N–H and O–H groups in total. The summed E-state index contributed by atoms with van der Waals surface area (Å²) in [7, 11) is 0. The summed E-state index contributed by atoms with van der Waals surface area (Å²) in [6.07, 6.45) is 4.63. The smallest absolute Gasteiger partial charge is 0.169 e. The molecule has 4 heterocycles. The first-order valence-corrected chi connectivity index (χ1v) is 7.33. The van der Waals surface area contributed by atoms with Crippen molar-refractivity contribution in [1.82, 2.24) is 9.88 Å². The second-order valence-electron chi connectivity index (χ2n) is 5.91. The molecular formula is C15H23N3O. The lowest BCUT2D eigenvalue weighted by Crippen LogP contribution is -2.53. The van der Waals surface area contributed by atoms with Gasteiger partial charge in [-0.1, -0.05) is 0 Å². The number of anilines is 1. The number of aromatic nitrogens is 1. The van der Waals surface area contributed by atoms with Crippen molar-refractivity contribution in [3.05, 3.63) is 18.3 Å². The summed E-state index contributed by atoms with van der Waals surface area (Å²) in [4.78, 5) is 7.00. The predicted octanol–water partition coefficient (Wildman–Crippen LogP) is 2.37. The molecule has 1 aromatic heterocycles. The van der Waals surface area contributed by atoms with Gasteiger partial charge in [0.1, 0.15) is 0 Å². The summed E-state index contributed by atoms with van der Waals surface area (Å²) in [6, 6.07) is 4.45. The molecule has 1 unspecified atom stereocenters. The lowest BCUT2D eigenvalue weighted by Gasteiger charge is -2.45. The van der Waals surface area contributed by atoms with Gasteiger partial charge in [-0.05, 0) is 57.8 Å². The van der Waals surface area contributed by atoms with Crippen LogP contribution in [0.25, 0.3) is 0 Å². The van der Waals surface area contributed by atoms with E-state index in [0.717, 1.165) is 24.0 Å². The van der Waals surface area contributed by atoms with E-state index >= 15 is 0 Å². The zero-order valence-electron chi connectivity index (χ0n) is 11.8. The molecule has 4 nitrogen and oxygen atoms in total. The van der Waals surface area contributed by atoms with E-state index in [4.69, 9.17) is 4.74 Å². The lowest BCUT2D eigenvalue weighted by atomic mass is 9.84. The monoisotopic (exact) mass is 261 g/mol. The highest BCUT2D eigenvalue weighted by molar-refractivity contribution is 5.50. The van der Waals surface area contributed by atoms with Crippen molar-refractivity contribution in [2.75, 3.05) is 25.0 Å². The minimum Gasteiger partial charge on any atom is -0.487 e. The number of hydrogen-bond acceptors (Lipinski definition) is 4. The Morgan fingerprint density at radius 3 is 2.79 bits per heavy atom. The summed E-state index contributed by atoms with van der Waals surface area (Å²) in [6.45, 7) is 7.76. The van der Waals surface area contributed by atoms with Gasteiger partial charge < -0.3 is 15.0 Å². The van der Waals surface area contributed by atoms with Crippen molar-refractivity contribution < 1.29 is 4.74 Å². The molecule has 0 aliphatic carbocycles. The zero-order chi connectivity index (χ0) is 13.2. The molecule has 3 saturated heterocycles. The summed E-state index contributed by atoms with van der Waals surface area (Å²) >= 11 is 0. The van der Waals surface area contributed by atoms with Gasteiger partial charge in [0.15, 0.2) is 11.6 Å². The molecule has 19 heavy (non-hydrogen) atoms. The van der Waals surface area contributed by atoms with E-state index in [2.05, 4.69) is 15.2 Å². The normalized spacial score (nSPS) is 29.5. The Morgan fingerprint density at radius 2 is 2.16 bits per heavy atom. The summed E-state index contributed by atoms with van der Waals surface area (Å²) in [5.74, 6) is 2.56. The fourth-order valence-corrected chi connectivity index (χ4v) is 3.15. The van der Waals surface area contributed by atoms with Gasteiger partial charge in [0, 0.05) is 18.8 Å². The summed E-state index contributed by atoms with van der Waals surface area (Å²) in [5.41, 5.74) is 0. The number of hydrogen-bond donors (Lipinski definition) is 1. The van der Waals surface area contributed by atoms with Gasteiger partial charge in [0.25, 0.3) is 0 Å². The summed E-state index contributed by atoms with van der Waals surface area (Å²) in [5, 5.41) is 3.61. The zero-order valence-corrected chi connectivity index (χ0v) is 11.8. The standard InChI is InChI=1S/C15H23N3O/c1-11(2)19-14-4-3-7-16-15(14)17-13-10-18-8-5-12(13)6-9-18/h3-4,7,11-13H,5-6,8-10H2,1-2H3,(H,16,17). The largest absolute Gasteiger partial charge is 0.487 e. The topological polar surface area (TPSA) is 37.4 Å². The average Bonchev–Trinajstić information content (AvgIpc) is 2.42. The molecule has 3 aliphatic heterocycles. The second-order valence-corrected chi connectivity index (χ2v) is 5.91. The van der Waals surface area contributed by atoms with E-state index in [1.807, 2.05) is 32.2 Å². The quantitative estimate of drug-likeness (QED) is 0.903. The first kappa shape index (κ1) is 12.7. The van der Waals surface area contributed by atoms with Gasteiger partial charge in [-0.3, -0.25) is 0 Å². The fraction of sp³-hybridized carbons (Fsp3) is 0.667. The first-order chi connectivity index (χ1) is 9.22. The number of nitrogens with zero attached hydrogens (tertiary/aromatic N) is 2. The van der Waals surface area contributed by atoms with Crippen molar-refractivity contribution in [1.29, 1.82) is 0 Å². The van der Waals surface area contributed by atoms with Crippen LogP contribution < -0.4 is 10.1 Å². The average molecular weight is 261 g/mol. The number of fused-ring (bicyclic) bond motifs is 3. The van der Waals surface area contributed by atoms with E-state index in [-0.39, 0.29) is 6.10 Å². The minimum atomic E-state index is 0.177. The maximum absolute atomic E-state index is 5.83. The molecule has 0 spiro atoms. The van der Waals surface area contributed by atoms with Crippen LogP contribution in [0.15, 0.2) is 18.3 Å². The third kappa shape index (κ3) is 2.84. The Labute approximate surface area is 115 Å². The van der Waals surface area contributed by atoms with Gasteiger partial charge in [-0.25, -0.2) is 4.98 Å². The van der Waals surface area contributed by atoms with Crippen molar-refractivity contribution >= 4 is 5.82 Å². The first-order valence-electron chi connectivity index (χ1n) is 7.33.